The number of rotatable bonds is 6. The number of benzene rings is 10. The predicted molar refractivity (Wildman–Crippen MR) is 270 cm³/mol. The molecule has 3 heteroatoms. The Labute approximate surface area is 374 Å². The van der Waals surface area contributed by atoms with Crippen LogP contribution in [0.3, 0.4) is 0 Å². The molecule has 64 heavy (non-hydrogen) atoms. The highest BCUT2D eigenvalue weighted by molar-refractivity contribution is 7.80. The standard InChI is InChI=1S/C61H41N2P/c1-4-17-42(18-5-1)43-31-36-47(37-32-43)62(46-19-6-2-7-20-46)48-38-33-44(34-39-48)45-35-40-54-59(41-45)64(49-21-8-3-9-22-49)58-30-15-12-26-53(58)61(54)52-25-11-14-29-57(52)63-56-28-13-10-23-50(56)51-24-16-27-55(61)60(51)63/h1-41H/t61?,64-/m0/s1. The number of nitrogens with zero attached hydrogens (tertiary/aromatic N) is 2. The van der Waals surface area contributed by atoms with Gasteiger partial charge in [0.25, 0.3) is 0 Å². The number of hydrogen-bond acceptors (Lipinski definition) is 1. The highest BCUT2D eigenvalue weighted by Crippen LogP contribution is 2.58. The molecule has 0 amide bonds. The van der Waals surface area contributed by atoms with Gasteiger partial charge in [-0.15, -0.1) is 0 Å². The first-order valence-electron chi connectivity index (χ1n) is 22.1. The maximum absolute atomic E-state index is 2.53. The summed E-state index contributed by atoms with van der Waals surface area (Å²) in [4.78, 5) is 2.35. The summed E-state index contributed by atoms with van der Waals surface area (Å²) in [6.45, 7) is 0. The van der Waals surface area contributed by atoms with E-state index in [1.807, 2.05) is 0 Å². The molecule has 1 aromatic heterocycles. The van der Waals surface area contributed by atoms with Gasteiger partial charge < -0.3 is 9.47 Å². The van der Waals surface area contributed by atoms with Gasteiger partial charge in [0.2, 0.25) is 0 Å². The van der Waals surface area contributed by atoms with E-state index in [0.29, 0.717) is 0 Å². The average molecular weight is 833 g/mol. The highest BCUT2D eigenvalue weighted by Gasteiger charge is 2.51. The van der Waals surface area contributed by atoms with Crippen LogP contribution in [-0.2, 0) is 5.41 Å². The fraction of sp³-hybridized carbons (Fsp3) is 0.0164. The Morgan fingerprint density at radius 1 is 0.344 bits per heavy atom. The molecule has 0 N–H and O–H groups in total. The summed E-state index contributed by atoms with van der Waals surface area (Å²) in [5.41, 5.74) is 16.9. The molecule has 0 fully saturated rings. The Hall–Kier alpha value is -7.77. The molecule has 0 saturated heterocycles. The lowest BCUT2D eigenvalue weighted by Gasteiger charge is -2.48. The molecule has 3 heterocycles. The predicted octanol–water partition coefficient (Wildman–Crippen LogP) is 14.4. The van der Waals surface area contributed by atoms with Crippen LogP contribution in [-0.4, -0.2) is 4.57 Å². The van der Waals surface area contributed by atoms with Gasteiger partial charge in [-0.2, -0.15) is 0 Å². The molecule has 0 bridgehead atoms. The van der Waals surface area contributed by atoms with Crippen LogP contribution in [0.5, 0.6) is 0 Å². The Morgan fingerprint density at radius 3 is 1.61 bits per heavy atom. The third-order valence-corrected chi connectivity index (χ3v) is 16.1. The van der Waals surface area contributed by atoms with Gasteiger partial charge in [0.05, 0.1) is 22.1 Å². The summed E-state index contributed by atoms with van der Waals surface area (Å²) < 4.78 is 2.53. The van der Waals surface area contributed by atoms with E-state index in [0.717, 1.165) is 17.1 Å². The molecular formula is C61H41N2P. The number of anilines is 3. The van der Waals surface area contributed by atoms with Crippen molar-refractivity contribution in [3.63, 3.8) is 0 Å². The molecule has 0 radical (unpaired) electrons. The first-order chi connectivity index (χ1) is 31.8. The molecule has 2 atom stereocenters. The number of fused-ring (bicyclic) bond motifs is 11. The Kier molecular flexibility index (Phi) is 8.44. The summed E-state index contributed by atoms with van der Waals surface area (Å²) in [5, 5.41) is 6.77. The van der Waals surface area contributed by atoms with Gasteiger partial charge in [-0.1, -0.05) is 194 Å². The van der Waals surface area contributed by atoms with Crippen LogP contribution in [0, 0.1) is 0 Å². The maximum atomic E-state index is 2.53. The second kappa shape index (κ2) is 14.7. The molecule has 300 valence electrons. The van der Waals surface area contributed by atoms with Crippen molar-refractivity contribution in [2.24, 2.45) is 0 Å². The second-order valence-corrected chi connectivity index (χ2v) is 19.0. The van der Waals surface area contributed by atoms with Crippen molar-refractivity contribution in [2.75, 3.05) is 4.90 Å². The Balaban J connectivity index is 1.00. The molecule has 0 aliphatic carbocycles. The molecule has 1 spiro atoms. The molecule has 11 aromatic rings. The van der Waals surface area contributed by atoms with Gasteiger partial charge in [0.15, 0.2) is 0 Å². The largest absolute Gasteiger partial charge is 0.311 e. The summed E-state index contributed by atoms with van der Waals surface area (Å²) >= 11 is 0. The quantitative estimate of drug-likeness (QED) is 0.152. The van der Waals surface area contributed by atoms with Crippen LogP contribution in [0.4, 0.5) is 17.1 Å². The molecule has 13 rings (SSSR count). The topological polar surface area (TPSA) is 8.17 Å². The number of aromatic nitrogens is 1. The maximum Gasteiger partial charge on any atom is 0.0755 e. The van der Waals surface area contributed by atoms with E-state index in [-0.39, 0.29) is 0 Å². The first-order valence-corrected chi connectivity index (χ1v) is 23.4. The summed E-state index contributed by atoms with van der Waals surface area (Å²) in [5.74, 6) is 0. The lowest BCUT2D eigenvalue weighted by Crippen LogP contribution is -2.47. The minimum Gasteiger partial charge on any atom is -0.311 e. The zero-order valence-electron chi connectivity index (χ0n) is 35.0. The lowest BCUT2D eigenvalue weighted by molar-refractivity contribution is 0.734. The average Bonchev–Trinajstić information content (AvgIpc) is 3.72. The second-order valence-electron chi connectivity index (χ2n) is 16.9. The van der Waals surface area contributed by atoms with Crippen LogP contribution in [0.25, 0.3) is 49.7 Å². The van der Waals surface area contributed by atoms with Crippen molar-refractivity contribution in [2.45, 2.75) is 5.41 Å². The van der Waals surface area contributed by atoms with E-state index < -0.39 is 13.3 Å². The van der Waals surface area contributed by atoms with Crippen molar-refractivity contribution in [1.29, 1.82) is 0 Å². The molecule has 2 nitrogen and oxygen atoms in total. The molecule has 1 unspecified atom stereocenters. The monoisotopic (exact) mass is 832 g/mol. The van der Waals surface area contributed by atoms with Crippen molar-refractivity contribution < 1.29 is 0 Å². The van der Waals surface area contributed by atoms with Gasteiger partial charge in [0.1, 0.15) is 0 Å². The van der Waals surface area contributed by atoms with Crippen LogP contribution in [0.15, 0.2) is 249 Å². The van der Waals surface area contributed by atoms with E-state index in [1.165, 1.54) is 87.9 Å². The SMILES string of the molecule is c1ccc(-c2ccc(N(c3ccccc3)c3ccc(-c4ccc5c(c4)[P@@](c4ccccc4)c4ccccc4C54c5ccccc5-n5c6ccccc6c6cccc4c65)cc3)cc2)cc1. The highest BCUT2D eigenvalue weighted by atomic mass is 31.1. The minimum atomic E-state index is -0.903. The van der Waals surface area contributed by atoms with E-state index in [2.05, 4.69) is 258 Å². The zero-order chi connectivity index (χ0) is 42.2. The van der Waals surface area contributed by atoms with Gasteiger partial charge in [-0.05, 0) is 123 Å². The van der Waals surface area contributed by atoms with E-state index >= 15 is 0 Å². The molecular weight excluding hydrogens is 792 g/mol. The van der Waals surface area contributed by atoms with Crippen LogP contribution in [0.2, 0.25) is 0 Å². The first kappa shape index (κ1) is 36.8. The fourth-order valence-corrected chi connectivity index (χ4v) is 13.6. The van der Waals surface area contributed by atoms with Crippen LogP contribution in [0.1, 0.15) is 22.3 Å². The van der Waals surface area contributed by atoms with Gasteiger partial charge >= 0.3 is 0 Å². The zero-order valence-corrected chi connectivity index (χ0v) is 35.9. The van der Waals surface area contributed by atoms with E-state index in [1.54, 1.807) is 0 Å². The van der Waals surface area contributed by atoms with E-state index in [9.17, 15) is 0 Å². The lowest BCUT2D eigenvalue weighted by atomic mass is 9.62. The summed E-state index contributed by atoms with van der Waals surface area (Å²) in [7, 11) is -0.903. The minimum absolute atomic E-state index is 0.533. The number of hydrogen-bond donors (Lipinski definition) is 0. The molecule has 10 aromatic carbocycles. The van der Waals surface area contributed by atoms with Crippen LogP contribution < -0.4 is 20.8 Å². The molecule has 2 aliphatic heterocycles. The van der Waals surface area contributed by atoms with Crippen molar-refractivity contribution in [3.8, 4) is 27.9 Å². The fourth-order valence-electron chi connectivity index (χ4n) is 10.9. The summed E-state index contributed by atoms with van der Waals surface area (Å²) in [6, 6.07) is 92.4. The Bertz CT molecular complexity index is 3540. The van der Waals surface area contributed by atoms with Gasteiger partial charge in [-0.3, -0.25) is 0 Å². The molecule has 2 aliphatic rings. The summed E-state index contributed by atoms with van der Waals surface area (Å²) in [6.07, 6.45) is 0. The van der Waals surface area contributed by atoms with E-state index in [4.69, 9.17) is 0 Å². The Morgan fingerprint density at radius 2 is 0.859 bits per heavy atom. The number of para-hydroxylation sites is 4. The van der Waals surface area contributed by atoms with Crippen molar-refractivity contribution in [3.05, 3.63) is 271 Å². The van der Waals surface area contributed by atoms with Gasteiger partial charge in [-0.25, -0.2) is 0 Å². The van der Waals surface area contributed by atoms with Gasteiger partial charge in [0, 0.05) is 27.8 Å². The van der Waals surface area contributed by atoms with Crippen molar-refractivity contribution in [1.82, 2.24) is 4.57 Å². The smallest absolute Gasteiger partial charge is 0.0755 e. The molecule has 0 saturated carbocycles. The van der Waals surface area contributed by atoms with Crippen LogP contribution >= 0.6 is 7.92 Å². The van der Waals surface area contributed by atoms with Crippen molar-refractivity contribution >= 4 is 62.7 Å². The normalized spacial score (nSPS) is 15.7. The third kappa shape index (κ3) is 5.43. The third-order valence-electron chi connectivity index (χ3n) is 13.6.